The monoisotopic (exact) mass is 407 g/mol. The van der Waals surface area contributed by atoms with E-state index in [9.17, 15) is 8.78 Å². The van der Waals surface area contributed by atoms with Crippen LogP contribution >= 0.6 is 39.1 Å². The smallest absolute Gasteiger partial charge is 0.225 e. The number of nitrogens with zero attached hydrogens (tertiary/aromatic N) is 3. The fourth-order valence-corrected chi connectivity index (χ4v) is 2.57. The summed E-state index contributed by atoms with van der Waals surface area (Å²) in [6.45, 7) is 5.82. The highest BCUT2D eigenvalue weighted by atomic mass is 79.9. The first-order valence-corrected chi connectivity index (χ1v) is 7.60. The molecule has 0 radical (unpaired) electrons. The molecule has 8 heteroatoms. The van der Waals surface area contributed by atoms with Gasteiger partial charge in [0, 0.05) is 12.6 Å². The molecule has 0 amide bonds. The standard InChI is InChI=1S/C14H10BrCl2F2N3/c1-7(2)6-22(10-4-3-8(18)5-9(10)19)13-11(15)12(16)20-14(17)21-13/h3-5H,1,6H2,2H3. The van der Waals surface area contributed by atoms with Crippen LogP contribution in [-0.4, -0.2) is 16.5 Å². The van der Waals surface area contributed by atoms with Crippen LogP contribution in [0.15, 0.2) is 34.8 Å². The Hall–Kier alpha value is -1.24. The van der Waals surface area contributed by atoms with Crippen LogP contribution in [0.2, 0.25) is 10.4 Å². The Morgan fingerprint density at radius 2 is 2.00 bits per heavy atom. The average Bonchev–Trinajstić information content (AvgIpc) is 2.40. The van der Waals surface area contributed by atoms with Crippen molar-refractivity contribution in [3.8, 4) is 0 Å². The van der Waals surface area contributed by atoms with Crippen LogP contribution in [0, 0.1) is 11.6 Å². The molecule has 0 aliphatic carbocycles. The third-order valence-corrected chi connectivity index (χ3v) is 4.05. The lowest BCUT2D eigenvalue weighted by molar-refractivity contribution is 0.582. The van der Waals surface area contributed by atoms with Crippen LogP contribution in [0.3, 0.4) is 0 Å². The number of hydrogen-bond donors (Lipinski definition) is 0. The Balaban J connectivity index is 2.63. The maximum absolute atomic E-state index is 14.1. The Morgan fingerprint density at radius 1 is 1.32 bits per heavy atom. The number of benzene rings is 1. The van der Waals surface area contributed by atoms with Crippen molar-refractivity contribution < 1.29 is 8.78 Å². The molecule has 0 fully saturated rings. The highest BCUT2D eigenvalue weighted by Gasteiger charge is 2.21. The Bertz CT molecular complexity index is 740. The first-order valence-electron chi connectivity index (χ1n) is 6.05. The van der Waals surface area contributed by atoms with Crippen molar-refractivity contribution >= 4 is 50.6 Å². The van der Waals surface area contributed by atoms with Crippen LogP contribution < -0.4 is 4.90 Å². The molecule has 3 nitrogen and oxygen atoms in total. The second-order valence-corrected chi connectivity index (χ2v) is 6.05. The van der Waals surface area contributed by atoms with Crippen molar-refractivity contribution in [1.82, 2.24) is 9.97 Å². The summed E-state index contributed by atoms with van der Waals surface area (Å²) >= 11 is 15.0. The molecule has 0 unspecified atom stereocenters. The van der Waals surface area contributed by atoms with Gasteiger partial charge in [-0.1, -0.05) is 23.8 Å². The Kier molecular flexibility index (Phi) is 5.36. The SMILES string of the molecule is C=C(C)CN(c1ccc(F)cc1F)c1nc(Cl)nc(Cl)c1Br. The maximum Gasteiger partial charge on any atom is 0.225 e. The Morgan fingerprint density at radius 3 is 2.59 bits per heavy atom. The molecule has 1 aromatic carbocycles. The summed E-state index contributed by atoms with van der Waals surface area (Å²) in [7, 11) is 0. The summed E-state index contributed by atoms with van der Waals surface area (Å²) in [5.41, 5.74) is 0.859. The predicted octanol–water partition coefficient (Wildman–Crippen LogP) is 5.54. The minimum Gasteiger partial charge on any atom is -0.319 e. The van der Waals surface area contributed by atoms with E-state index < -0.39 is 11.6 Å². The molecule has 0 spiro atoms. The average molecular weight is 409 g/mol. The van der Waals surface area contributed by atoms with Crippen molar-refractivity contribution in [3.63, 3.8) is 0 Å². The zero-order valence-corrected chi connectivity index (χ0v) is 14.5. The summed E-state index contributed by atoms with van der Waals surface area (Å²) in [4.78, 5) is 9.36. The van der Waals surface area contributed by atoms with Gasteiger partial charge in [0.05, 0.1) is 10.2 Å². The minimum absolute atomic E-state index is 0.0857. The molecule has 0 N–H and O–H groups in total. The zero-order chi connectivity index (χ0) is 16.4. The summed E-state index contributed by atoms with van der Waals surface area (Å²) in [5, 5.41) is 0.00155. The van der Waals surface area contributed by atoms with Crippen molar-refractivity contribution in [2.75, 3.05) is 11.4 Å². The van der Waals surface area contributed by atoms with Crippen LogP contribution in [0.4, 0.5) is 20.3 Å². The molecule has 0 saturated carbocycles. The molecular formula is C14H10BrCl2F2N3. The van der Waals surface area contributed by atoms with Gasteiger partial charge in [-0.25, -0.2) is 13.8 Å². The number of aromatic nitrogens is 2. The lowest BCUT2D eigenvalue weighted by atomic mass is 10.2. The molecule has 1 aromatic heterocycles. The first-order chi connectivity index (χ1) is 10.3. The largest absolute Gasteiger partial charge is 0.319 e. The number of rotatable bonds is 4. The van der Waals surface area contributed by atoms with Crippen molar-refractivity contribution in [3.05, 3.63) is 56.9 Å². The topological polar surface area (TPSA) is 29.0 Å². The van der Waals surface area contributed by atoms with E-state index in [0.717, 1.165) is 17.7 Å². The summed E-state index contributed by atoms with van der Waals surface area (Å²) in [6, 6.07) is 3.26. The molecule has 0 atom stereocenters. The van der Waals surface area contributed by atoms with Gasteiger partial charge in [-0.2, -0.15) is 4.98 Å². The minimum atomic E-state index is -0.737. The second-order valence-electron chi connectivity index (χ2n) is 4.56. The van der Waals surface area contributed by atoms with Gasteiger partial charge in [-0.15, -0.1) is 0 Å². The van der Waals surface area contributed by atoms with Gasteiger partial charge < -0.3 is 4.90 Å². The summed E-state index contributed by atoms with van der Waals surface area (Å²) in [5.74, 6) is -1.15. The molecule has 0 bridgehead atoms. The lowest BCUT2D eigenvalue weighted by Gasteiger charge is -2.25. The molecule has 116 valence electrons. The molecule has 1 heterocycles. The van der Waals surface area contributed by atoms with Gasteiger partial charge in [0.15, 0.2) is 5.82 Å². The normalized spacial score (nSPS) is 10.6. The van der Waals surface area contributed by atoms with Gasteiger partial charge >= 0.3 is 0 Å². The second kappa shape index (κ2) is 6.89. The van der Waals surface area contributed by atoms with E-state index in [1.165, 1.54) is 11.0 Å². The van der Waals surface area contributed by atoms with Crippen LogP contribution in [0.5, 0.6) is 0 Å². The van der Waals surface area contributed by atoms with E-state index in [2.05, 4.69) is 32.5 Å². The highest BCUT2D eigenvalue weighted by molar-refractivity contribution is 9.10. The number of hydrogen-bond acceptors (Lipinski definition) is 3. The van der Waals surface area contributed by atoms with Gasteiger partial charge in [0.1, 0.15) is 16.8 Å². The van der Waals surface area contributed by atoms with Gasteiger partial charge in [-0.05, 0) is 46.6 Å². The summed E-state index contributed by atoms with van der Waals surface area (Å²) < 4.78 is 27.6. The van der Waals surface area contributed by atoms with E-state index >= 15 is 0 Å². The molecule has 2 aromatic rings. The van der Waals surface area contributed by atoms with E-state index in [0.29, 0.717) is 4.47 Å². The third kappa shape index (κ3) is 3.74. The number of halogens is 5. The fourth-order valence-electron chi connectivity index (χ4n) is 1.81. The van der Waals surface area contributed by atoms with E-state index in [1.54, 1.807) is 6.92 Å². The van der Waals surface area contributed by atoms with Crippen molar-refractivity contribution in [2.45, 2.75) is 6.92 Å². The molecule has 0 saturated heterocycles. The van der Waals surface area contributed by atoms with E-state index in [4.69, 9.17) is 23.2 Å². The zero-order valence-electron chi connectivity index (χ0n) is 11.4. The van der Waals surface area contributed by atoms with Crippen LogP contribution in [0.1, 0.15) is 6.92 Å². The molecule has 0 aliphatic heterocycles. The molecule has 0 aliphatic rings. The molecular weight excluding hydrogens is 399 g/mol. The van der Waals surface area contributed by atoms with Crippen molar-refractivity contribution in [2.24, 2.45) is 0 Å². The van der Waals surface area contributed by atoms with Crippen LogP contribution in [-0.2, 0) is 0 Å². The molecule has 22 heavy (non-hydrogen) atoms. The predicted molar refractivity (Wildman–Crippen MR) is 87.9 cm³/mol. The fraction of sp³-hybridized carbons (Fsp3) is 0.143. The lowest BCUT2D eigenvalue weighted by Crippen LogP contribution is -2.22. The van der Waals surface area contributed by atoms with Crippen molar-refractivity contribution in [1.29, 1.82) is 0 Å². The third-order valence-electron chi connectivity index (χ3n) is 2.65. The number of anilines is 2. The summed E-state index contributed by atoms with van der Waals surface area (Å²) in [6.07, 6.45) is 0. The first kappa shape index (κ1) is 17.1. The quantitative estimate of drug-likeness (QED) is 0.378. The highest BCUT2D eigenvalue weighted by Crippen LogP contribution is 2.36. The Labute approximate surface area is 144 Å². The van der Waals surface area contributed by atoms with E-state index in [1.807, 2.05) is 0 Å². The van der Waals surface area contributed by atoms with Crippen LogP contribution in [0.25, 0.3) is 0 Å². The van der Waals surface area contributed by atoms with Gasteiger partial charge in [-0.3, -0.25) is 0 Å². The van der Waals surface area contributed by atoms with E-state index in [-0.39, 0.29) is 28.5 Å². The van der Waals surface area contributed by atoms with Gasteiger partial charge in [0.25, 0.3) is 0 Å². The molecule has 2 rings (SSSR count). The maximum atomic E-state index is 14.1. The van der Waals surface area contributed by atoms with Gasteiger partial charge in [0.2, 0.25) is 5.28 Å².